The highest BCUT2D eigenvalue weighted by Crippen LogP contribution is 2.37. The molecular weight excluding hydrogens is 222 g/mol. The number of anilines is 1. The molecule has 1 aliphatic heterocycles. The van der Waals surface area contributed by atoms with Crippen molar-refractivity contribution >= 4 is 11.8 Å². The van der Waals surface area contributed by atoms with Crippen LogP contribution in [0.15, 0.2) is 24.3 Å². The van der Waals surface area contributed by atoms with E-state index in [2.05, 4.69) is 0 Å². The van der Waals surface area contributed by atoms with Crippen LogP contribution in [-0.4, -0.2) is 25.7 Å². The number of carbonyl (C=O) groups is 1. The number of amides is 1. The van der Waals surface area contributed by atoms with Gasteiger partial charge in [-0.1, -0.05) is 12.1 Å². The Labute approximate surface area is 99.9 Å². The van der Waals surface area contributed by atoms with E-state index in [1.165, 1.54) is 12.0 Å². The van der Waals surface area contributed by atoms with E-state index >= 15 is 0 Å². The van der Waals surface area contributed by atoms with E-state index < -0.39 is 12.5 Å². The first-order valence-corrected chi connectivity index (χ1v) is 5.42. The zero-order chi connectivity index (χ0) is 12.4. The Hall–Kier alpha value is -1.75. The molecular formula is C12H15NO4. The van der Waals surface area contributed by atoms with Gasteiger partial charge >= 0.3 is 6.09 Å². The van der Waals surface area contributed by atoms with Crippen LogP contribution in [-0.2, 0) is 9.47 Å². The summed E-state index contributed by atoms with van der Waals surface area (Å²) in [5, 5.41) is 0. The van der Waals surface area contributed by atoms with Gasteiger partial charge in [0.2, 0.25) is 0 Å². The van der Waals surface area contributed by atoms with Crippen LogP contribution >= 0.6 is 0 Å². The average molecular weight is 237 g/mol. The summed E-state index contributed by atoms with van der Waals surface area (Å²) in [4.78, 5) is 13.3. The number of para-hydroxylation sites is 2. The topological polar surface area (TPSA) is 48.0 Å². The lowest BCUT2D eigenvalue weighted by molar-refractivity contribution is -0.0406. The number of methoxy groups -OCH3 is 1. The molecule has 5 heteroatoms. The maximum Gasteiger partial charge on any atom is 0.419 e. The van der Waals surface area contributed by atoms with Crippen LogP contribution in [0.2, 0.25) is 0 Å². The lowest BCUT2D eigenvalue weighted by atomic mass is 10.3. The van der Waals surface area contributed by atoms with Gasteiger partial charge in [-0.3, -0.25) is 0 Å². The Kier molecular flexibility index (Phi) is 3.19. The van der Waals surface area contributed by atoms with Crippen LogP contribution < -0.4 is 9.64 Å². The Balaban J connectivity index is 2.27. The van der Waals surface area contributed by atoms with Crippen molar-refractivity contribution in [1.82, 2.24) is 0 Å². The molecule has 0 aliphatic carbocycles. The highest BCUT2D eigenvalue weighted by Gasteiger charge is 2.37. The maximum absolute atomic E-state index is 11.9. The fraction of sp³-hybridized carbons (Fsp3) is 0.417. The minimum Gasteiger partial charge on any atom is -0.446 e. The summed E-state index contributed by atoms with van der Waals surface area (Å²) in [5.74, 6) is 0.611. The van der Waals surface area contributed by atoms with Gasteiger partial charge in [0.15, 0.2) is 0 Å². The maximum atomic E-state index is 11.9. The third-order valence-corrected chi connectivity index (χ3v) is 2.30. The van der Waals surface area contributed by atoms with Crippen molar-refractivity contribution in [3.63, 3.8) is 0 Å². The van der Waals surface area contributed by atoms with E-state index in [0.717, 1.165) is 0 Å². The SMILES string of the molecule is COC1Oc2ccccc2N1C(=O)OC(C)C. The molecule has 1 unspecified atom stereocenters. The van der Waals surface area contributed by atoms with E-state index in [0.29, 0.717) is 11.4 Å². The highest BCUT2D eigenvalue weighted by molar-refractivity contribution is 5.91. The van der Waals surface area contributed by atoms with E-state index in [1.807, 2.05) is 12.1 Å². The molecule has 0 spiro atoms. The van der Waals surface area contributed by atoms with Crippen molar-refractivity contribution in [2.45, 2.75) is 26.4 Å². The summed E-state index contributed by atoms with van der Waals surface area (Å²) >= 11 is 0. The minimum absolute atomic E-state index is 0.187. The summed E-state index contributed by atoms with van der Waals surface area (Å²) in [6.07, 6.45) is -1.43. The van der Waals surface area contributed by atoms with Gasteiger partial charge < -0.3 is 14.2 Å². The van der Waals surface area contributed by atoms with Crippen molar-refractivity contribution in [1.29, 1.82) is 0 Å². The van der Waals surface area contributed by atoms with Crippen molar-refractivity contribution in [3.05, 3.63) is 24.3 Å². The van der Waals surface area contributed by atoms with Gasteiger partial charge in [0.25, 0.3) is 6.41 Å². The lowest BCUT2D eigenvalue weighted by Crippen LogP contribution is -2.42. The van der Waals surface area contributed by atoms with Crippen LogP contribution in [0.5, 0.6) is 5.75 Å². The molecule has 5 nitrogen and oxygen atoms in total. The molecule has 0 bridgehead atoms. The van der Waals surface area contributed by atoms with Gasteiger partial charge in [-0.2, -0.15) is 0 Å². The normalized spacial score (nSPS) is 17.9. The van der Waals surface area contributed by atoms with Crippen LogP contribution in [0.3, 0.4) is 0 Å². The van der Waals surface area contributed by atoms with Crippen LogP contribution in [0.1, 0.15) is 13.8 Å². The van der Waals surface area contributed by atoms with Gasteiger partial charge in [-0.25, -0.2) is 9.69 Å². The molecule has 92 valence electrons. The molecule has 0 saturated carbocycles. The number of ether oxygens (including phenoxy) is 3. The molecule has 2 rings (SSSR count). The van der Waals surface area contributed by atoms with Gasteiger partial charge in [0.1, 0.15) is 5.75 Å². The molecule has 0 aromatic heterocycles. The standard InChI is InChI=1S/C12H15NO4/c1-8(2)16-11(14)13-9-6-4-5-7-10(9)17-12(13)15-3/h4-8,12H,1-3H3. The lowest BCUT2D eigenvalue weighted by Gasteiger charge is -2.22. The van der Waals surface area contributed by atoms with Crippen LogP contribution in [0, 0.1) is 0 Å². The van der Waals surface area contributed by atoms with Gasteiger partial charge in [-0.15, -0.1) is 0 Å². The monoisotopic (exact) mass is 237 g/mol. The van der Waals surface area contributed by atoms with Crippen molar-refractivity contribution in [2.75, 3.05) is 12.0 Å². The van der Waals surface area contributed by atoms with Gasteiger partial charge in [0, 0.05) is 7.11 Å². The summed E-state index contributed by atoms with van der Waals surface area (Å²) in [5.41, 5.74) is 0.657. The molecule has 0 radical (unpaired) electrons. The zero-order valence-corrected chi connectivity index (χ0v) is 10.0. The minimum atomic E-state index is -0.765. The molecule has 1 atom stereocenters. The summed E-state index contributed by atoms with van der Waals surface area (Å²) in [7, 11) is 1.48. The summed E-state index contributed by atoms with van der Waals surface area (Å²) in [6.45, 7) is 3.59. The fourth-order valence-electron chi connectivity index (χ4n) is 1.63. The second kappa shape index (κ2) is 4.63. The highest BCUT2D eigenvalue weighted by atomic mass is 16.7. The third-order valence-electron chi connectivity index (χ3n) is 2.30. The van der Waals surface area contributed by atoms with E-state index in [4.69, 9.17) is 14.2 Å². The Morgan fingerprint density at radius 2 is 2.12 bits per heavy atom. The molecule has 1 heterocycles. The second-order valence-electron chi connectivity index (χ2n) is 3.93. The first-order valence-electron chi connectivity index (χ1n) is 5.42. The Morgan fingerprint density at radius 1 is 1.41 bits per heavy atom. The van der Waals surface area contributed by atoms with E-state index in [-0.39, 0.29) is 6.10 Å². The predicted octanol–water partition coefficient (Wildman–Crippen LogP) is 2.36. The summed E-state index contributed by atoms with van der Waals surface area (Å²) < 4.78 is 15.7. The third kappa shape index (κ3) is 2.19. The average Bonchev–Trinajstić information content (AvgIpc) is 2.66. The van der Waals surface area contributed by atoms with Crippen molar-refractivity contribution in [2.24, 2.45) is 0 Å². The molecule has 1 amide bonds. The molecule has 17 heavy (non-hydrogen) atoms. The molecule has 0 N–H and O–H groups in total. The molecule has 0 saturated heterocycles. The number of benzene rings is 1. The number of fused-ring (bicyclic) bond motifs is 1. The Bertz CT molecular complexity index is 419. The zero-order valence-electron chi connectivity index (χ0n) is 10.0. The van der Waals surface area contributed by atoms with Gasteiger partial charge in [0.05, 0.1) is 11.8 Å². The van der Waals surface area contributed by atoms with Crippen molar-refractivity contribution < 1.29 is 19.0 Å². The number of hydrogen-bond donors (Lipinski definition) is 0. The molecule has 1 aromatic rings. The van der Waals surface area contributed by atoms with Gasteiger partial charge in [-0.05, 0) is 26.0 Å². The Morgan fingerprint density at radius 3 is 2.76 bits per heavy atom. The first kappa shape index (κ1) is 11.7. The molecule has 1 aromatic carbocycles. The molecule has 1 aliphatic rings. The second-order valence-corrected chi connectivity index (χ2v) is 3.93. The smallest absolute Gasteiger partial charge is 0.419 e. The largest absolute Gasteiger partial charge is 0.446 e. The van der Waals surface area contributed by atoms with Crippen LogP contribution in [0.4, 0.5) is 10.5 Å². The van der Waals surface area contributed by atoms with E-state index in [9.17, 15) is 4.79 Å². The van der Waals surface area contributed by atoms with E-state index in [1.54, 1.807) is 26.0 Å². The number of carbonyl (C=O) groups excluding carboxylic acids is 1. The fourth-order valence-corrected chi connectivity index (χ4v) is 1.63. The number of nitrogens with zero attached hydrogens (tertiary/aromatic N) is 1. The predicted molar refractivity (Wildman–Crippen MR) is 62.0 cm³/mol. The number of hydrogen-bond acceptors (Lipinski definition) is 4. The van der Waals surface area contributed by atoms with Crippen LogP contribution in [0.25, 0.3) is 0 Å². The molecule has 0 fully saturated rings. The summed E-state index contributed by atoms with van der Waals surface area (Å²) in [6, 6.07) is 7.23. The number of rotatable bonds is 2. The quantitative estimate of drug-likeness (QED) is 0.792. The first-order chi connectivity index (χ1) is 8.13. The van der Waals surface area contributed by atoms with Crippen molar-refractivity contribution in [3.8, 4) is 5.75 Å².